The topological polar surface area (TPSA) is 75.4 Å². The molecule has 0 radical (unpaired) electrons. The van der Waals surface area contributed by atoms with Crippen molar-refractivity contribution in [3.8, 4) is 0 Å². The highest BCUT2D eigenvalue weighted by Gasteiger charge is 2.22. The van der Waals surface area contributed by atoms with Gasteiger partial charge in [0.1, 0.15) is 0 Å². The summed E-state index contributed by atoms with van der Waals surface area (Å²) < 4.78 is 29.1. The fraction of sp³-hybridized carbons (Fsp3) is 0.400. The lowest BCUT2D eigenvalue weighted by Crippen LogP contribution is -2.37. The van der Waals surface area contributed by atoms with Gasteiger partial charge in [-0.25, -0.2) is 0 Å². The Morgan fingerprint density at radius 1 is 1.28 bits per heavy atom. The van der Waals surface area contributed by atoms with Crippen molar-refractivity contribution in [2.45, 2.75) is 19.9 Å². The summed E-state index contributed by atoms with van der Waals surface area (Å²) in [5.74, 6) is 0. The molecule has 0 bridgehead atoms. The minimum atomic E-state index is -3.59. The summed E-state index contributed by atoms with van der Waals surface area (Å²) in [6, 6.07) is 3.14. The Bertz CT molecular complexity index is 523. The molecule has 3 N–H and O–H groups in total. The summed E-state index contributed by atoms with van der Waals surface area (Å²) in [7, 11) is -2.07. The second-order valence-corrected chi connectivity index (χ2v) is 7.52. The Kier molecular flexibility index (Phi) is 5.05. The first-order valence-electron chi connectivity index (χ1n) is 5.15. The third-order valence-corrected chi connectivity index (χ3v) is 5.29. The van der Waals surface area contributed by atoms with E-state index >= 15 is 0 Å². The fourth-order valence-electron chi connectivity index (χ4n) is 1.17. The quantitative estimate of drug-likeness (QED) is 0.763. The zero-order chi connectivity index (χ0) is 14.1. The van der Waals surface area contributed by atoms with Crippen molar-refractivity contribution in [1.29, 1.82) is 0 Å². The molecule has 18 heavy (non-hydrogen) atoms. The largest absolute Gasteiger partial charge is 0.399 e. The van der Waals surface area contributed by atoms with Gasteiger partial charge < -0.3 is 5.73 Å². The average Bonchev–Trinajstić information content (AvgIpc) is 2.22. The van der Waals surface area contributed by atoms with E-state index in [1.165, 1.54) is 11.4 Å². The molecule has 0 saturated carbocycles. The van der Waals surface area contributed by atoms with Gasteiger partial charge in [-0.05, 0) is 57.8 Å². The molecule has 0 heterocycles. The molecule has 0 atom stereocenters. The third kappa shape index (κ3) is 3.59. The van der Waals surface area contributed by atoms with Gasteiger partial charge in [-0.15, -0.1) is 0 Å². The first kappa shape index (κ1) is 15.7. The molecular formula is C10H15Br2N3O2S. The highest BCUT2D eigenvalue weighted by atomic mass is 79.9. The number of benzene rings is 1. The highest BCUT2D eigenvalue weighted by molar-refractivity contribution is 9.11. The second-order valence-electron chi connectivity index (χ2n) is 4.08. The van der Waals surface area contributed by atoms with E-state index in [0.29, 0.717) is 20.3 Å². The summed E-state index contributed by atoms with van der Waals surface area (Å²) in [4.78, 5) is 0. The third-order valence-electron chi connectivity index (χ3n) is 2.40. The maximum absolute atomic E-state index is 12.1. The van der Waals surface area contributed by atoms with Crippen LogP contribution >= 0.6 is 31.9 Å². The van der Waals surface area contributed by atoms with Crippen LogP contribution in [0, 0.1) is 0 Å². The second kappa shape index (κ2) is 5.77. The first-order chi connectivity index (χ1) is 8.15. The molecular weight excluding hydrogens is 386 g/mol. The lowest BCUT2D eigenvalue weighted by atomic mass is 10.3. The van der Waals surface area contributed by atoms with Gasteiger partial charge in [0.25, 0.3) is 0 Å². The Morgan fingerprint density at radius 2 is 1.72 bits per heavy atom. The van der Waals surface area contributed by atoms with Crippen LogP contribution in [0.4, 0.5) is 11.4 Å². The van der Waals surface area contributed by atoms with Crippen LogP contribution in [0.3, 0.4) is 0 Å². The molecule has 0 amide bonds. The number of nitrogen functional groups attached to an aromatic ring is 1. The Morgan fingerprint density at radius 3 is 2.11 bits per heavy atom. The van der Waals surface area contributed by atoms with Gasteiger partial charge in [0, 0.05) is 27.7 Å². The lowest BCUT2D eigenvalue weighted by Gasteiger charge is -2.22. The molecule has 0 aromatic heterocycles. The van der Waals surface area contributed by atoms with Crippen molar-refractivity contribution in [3.63, 3.8) is 0 Å². The number of halogens is 2. The summed E-state index contributed by atoms with van der Waals surface area (Å²) in [5, 5.41) is 0. The van der Waals surface area contributed by atoms with E-state index in [-0.39, 0.29) is 6.04 Å². The number of hydrogen-bond donors (Lipinski definition) is 2. The normalized spacial score (nSPS) is 12.2. The number of nitrogens with one attached hydrogen (secondary N) is 1. The number of nitrogens with zero attached hydrogens (tertiary/aromatic N) is 1. The molecule has 102 valence electrons. The van der Waals surface area contributed by atoms with E-state index in [1.807, 2.05) is 0 Å². The maximum atomic E-state index is 12.1. The smallest absolute Gasteiger partial charge is 0.301 e. The summed E-state index contributed by atoms with van der Waals surface area (Å²) in [5.41, 5.74) is 6.62. The van der Waals surface area contributed by atoms with Crippen LogP contribution < -0.4 is 10.5 Å². The van der Waals surface area contributed by atoms with Crippen LogP contribution in [0.5, 0.6) is 0 Å². The van der Waals surface area contributed by atoms with E-state index in [0.717, 1.165) is 0 Å². The molecule has 0 saturated heterocycles. The zero-order valence-corrected chi connectivity index (χ0v) is 14.2. The van der Waals surface area contributed by atoms with E-state index in [4.69, 9.17) is 5.73 Å². The average molecular weight is 401 g/mol. The molecule has 0 aliphatic rings. The molecule has 0 aliphatic heterocycles. The maximum Gasteiger partial charge on any atom is 0.301 e. The van der Waals surface area contributed by atoms with Crippen molar-refractivity contribution in [1.82, 2.24) is 4.31 Å². The Labute approximate surface area is 124 Å². The molecule has 1 aromatic rings. The highest BCUT2D eigenvalue weighted by Crippen LogP contribution is 2.34. The summed E-state index contributed by atoms with van der Waals surface area (Å²) in [6.07, 6.45) is 0. The molecule has 1 aromatic carbocycles. The fourth-order valence-corrected chi connectivity index (χ4v) is 4.03. The van der Waals surface area contributed by atoms with Gasteiger partial charge in [0.05, 0.1) is 5.69 Å². The minimum Gasteiger partial charge on any atom is -0.399 e. The van der Waals surface area contributed by atoms with E-state index < -0.39 is 10.2 Å². The van der Waals surface area contributed by atoms with E-state index in [9.17, 15) is 8.42 Å². The lowest BCUT2D eigenvalue weighted by molar-refractivity contribution is 0.414. The van der Waals surface area contributed by atoms with E-state index in [2.05, 4.69) is 36.6 Å². The summed E-state index contributed by atoms with van der Waals surface area (Å²) >= 11 is 6.56. The molecule has 0 aliphatic carbocycles. The molecule has 0 unspecified atom stereocenters. The van der Waals surface area contributed by atoms with E-state index in [1.54, 1.807) is 26.0 Å². The number of rotatable bonds is 4. The predicted molar refractivity (Wildman–Crippen MR) is 81.7 cm³/mol. The van der Waals surface area contributed by atoms with Crippen molar-refractivity contribution in [2.75, 3.05) is 17.5 Å². The predicted octanol–water partition coefficient (Wildman–Crippen LogP) is 2.79. The van der Waals surface area contributed by atoms with Gasteiger partial charge in [-0.3, -0.25) is 4.72 Å². The number of hydrogen-bond acceptors (Lipinski definition) is 3. The SMILES string of the molecule is CC(C)N(C)S(=O)(=O)Nc1c(Br)cc(N)cc1Br. The standard InChI is InChI=1S/C10H15Br2N3O2S/c1-6(2)15(3)18(16,17)14-10-8(11)4-7(13)5-9(10)12/h4-6,14H,13H2,1-3H3. The van der Waals surface area contributed by atoms with Crippen LogP contribution in [0.15, 0.2) is 21.1 Å². The van der Waals surface area contributed by atoms with Crippen LogP contribution in [0.25, 0.3) is 0 Å². The monoisotopic (exact) mass is 399 g/mol. The Hall–Kier alpha value is -0.310. The van der Waals surface area contributed by atoms with Crippen LogP contribution in [0.1, 0.15) is 13.8 Å². The molecule has 5 nitrogen and oxygen atoms in total. The van der Waals surface area contributed by atoms with Crippen molar-refractivity contribution >= 4 is 53.4 Å². The van der Waals surface area contributed by atoms with Gasteiger partial charge >= 0.3 is 10.2 Å². The molecule has 1 rings (SSSR count). The van der Waals surface area contributed by atoms with Gasteiger partial charge in [-0.1, -0.05) is 0 Å². The van der Waals surface area contributed by atoms with Crippen LogP contribution in [-0.4, -0.2) is 25.8 Å². The van der Waals surface area contributed by atoms with Crippen molar-refractivity contribution < 1.29 is 8.42 Å². The molecule has 0 fully saturated rings. The number of anilines is 2. The van der Waals surface area contributed by atoms with Crippen molar-refractivity contribution in [2.24, 2.45) is 0 Å². The minimum absolute atomic E-state index is 0.131. The van der Waals surface area contributed by atoms with Crippen LogP contribution in [-0.2, 0) is 10.2 Å². The molecule has 0 spiro atoms. The first-order valence-corrected chi connectivity index (χ1v) is 8.18. The van der Waals surface area contributed by atoms with Gasteiger partial charge in [-0.2, -0.15) is 12.7 Å². The zero-order valence-electron chi connectivity index (χ0n) is 10.2. The molecule has 8 heteroatoms. The van der Waals surface area contributed by atoms with Crippen molar-refractivity contribution in [3.05, 3.63) is 21.1 Å². The van der Waals surface area contributed by atoms with Gasteiger partial charge in [0.15, 0.2) is 0 Å². The van der Waals surface area contributed by atoms with Crippen LogP contribution in [0.2, 0.25) is 0 Å². The number of nitrogens with two attached hydrogens (primary N) is 1. The summed E-state index contributed by atoms with van der Waals surface area (Å²) in [6.45, 7) is 3.60. The van der Waals surface area contributed by atoms with Gasteiger partial charge in [0.2, 0.25) is 0 Å². The Balaban J connectivity index is 3.13.